The van der Waals surface area contributed by atoms with Crippen molar-refractivity contribution >= 4 is 11.7 Å². The van der Waals surface area contributed by atoms with Gasteiger partial charge in [-0.2, -0.15) is 0 Å². The summed E-state index contributed by atoms with van der Waals surface area (Å²) in [6, 6.07) is 3.21. The Labute approximate surface area is 87.0 Å². The summed E-state index contributed by atoms with van der Waals surface area (Å²) in [5, 5.41) is 0. The van der Waals surface area contributed by atoms with Crippen molar-refractivity contribution in [2.45, 2.75) is 18.8 Å². The Bertz CT molecular complexity index is 413. The summed E-state index contributed by atoms with van der Waals surface area (Å²) in [6.07, 6.45) is 1.95. The average Bonchev–Trinajstić information content (AvgIpc) is 3.01. The van der Waals surface area contributed by atoms with E-state index in [4.69, 9.17) is 5.73 Å². The van der Waals surface area contributed by atoms with E-state index >= 15 is 0 Å². The summed E-state index contributed by atoms with van der Waals surface area (Å²) in [7, 11) is 1.21. The molecule has 0 radical (unpaired) electrons. The van der Waals surface area contributed by atoms with Gasteiger partial charge in [0.05, 0.1) is 7.11 Å². The molecule has 1 saturated carbocycles. The first-order valence-electron chi connectivity index (χ1n) is 4.81. The van der Waals surface area contributed by atoms with Crippen LogP contribution in [0, 0.1) is 5.82 Å². The predicted octanol–water partition coefficient (Wildman–Crippen LogP) is 2.07. The fourth-order valence-electron chi connectivity index (χ4n) is 1.63. The minimum Gasteiger partial charge on any atom is -0.465 e. The largest absolute Gasteiger partial charge is 0.465 e. The third-order valence-corrected chi connectivity index (χ3v) is 2.61. The number of rotatable bonds is 2. The summed E-state index contributed by atoms with van der Waals surface area (Å²) < 4.78 is 18.4. The van der Waals surface area contributed by atoms with Crippen molar-refractivity contribution in [3.8, 4) is 0 Å². The molecule has 2 rings (SSSR count). The van der Waals surface area contributed by atoms with Gasteiger partial charge in [-0.05, 0) is 30.4 Å². The summed E-state index contributed by atoms with van der Waals surface area (Å²) in [4.78, 5) is 11.3. The molecule has 1 fully saturated rings. The molecule has 80 valence electrons. The lowest BCUT2D eigenvalue weighted by Gasteiger charge is -2.08. The van der Waals surface area contributed by atoms with E-state index in [9.17, 15) is 9.18 Å². The van der Waals surface area contributed by atoms with Crippen LogP contribution in [-0.4, -0.2) is 13.1 Å². The zero-order valence-corrected chi connectivity index (χ0v) is 8.42. The number of carbonyl (C=O) groups excluding carboxylic acids is 1. The molecule has 1 aliphatic rings. The topological polar surface area (TPSA) is 52.3 Å². The maximum Gasteiger partial charge on any atom is 0.342 e. The lowest BCUT2D eigenvalue weighted by Crippen LogP contribution is -2.10. The van der Waals surface area contributed by atoms with E-state index in [1.165, 1.54) is 7.11 Å². The van der Waals surface area contributed by atoms with Crippen molar-refractivity contribution in [3.05, 3.63) is 29.1 Å². The van der Waals surface area contributed by atoms with Gasteiger partial charge in [0.2, 0.25) is 0 Å². The van der Waals surface area contributed by atoms with Gasteiger partial charge < -0.3 is 10.5 Å². The molecule has 1 aromatic rings. The van der Waals surface area contributed by atoms with Gasteiger partial charge in [0.15, 0.2) is 0 Å². The van der Waals surface area contributed by atoms with Crippen LogP contribution in [0.5, 0.6) is 0 Å². The molecule has 0 bridgehead atoms. The first kappa shape index (κ1) is 9.96. The van der Waals surface area contributed by atoms with Gasteiger partial charge in [-0.1, -0.05) is 6.07 Å². The fraction of sp³-hybridized carbons (Fsp3) is 0.364. The van der Waals surface area contributed by atoms with Gasteiger partial charge in [-0.3, -0.25) is 0 Å². The Kier molecular flexibility index (Phi) is 2.34. The molecular formula is C11H12FNO2. The number of methoxy groups -OCH3 is 1. The average molecular weight is 209 g/mol. The first-order valence-corrected chi connectivity index (χ1v) is 4.81. The molecule has 0 amide bonds. The van der Waals surface area contributed by atoms with Gasteiger partial charge in [-0.15, -0.1) is 0 Å². The Morgan fingerprint density at radius 2 is 2.20 bits per heavy atom. The number of anilines is 1. The van der Waals surface area contributed by atoms with E-state index in [0.29, 0.717) is 5.56 Å². The van der Waals surface area contributed by atoms with Crippen LogP contribution < -0.4 is 5.73 Å². The molecule has 0 heterocycles. The Balaban J connectivity index is 2.50. The highest BCUT2D eigenvalue weighted by Gasteiger charge is 2.30. The number of ether oxygens (including phenoxy) is 1. The van der Waals surface area contributed by atoms with Gasteiger partial charge in [-0.25, -0.2) is 9.18 Å². The van der Waals surface area contributed by atoms with Crippen molar-refractivity contribution in [2.75, 3.05) is 12.8 Å². The molecule has 2 N–H and O–H groups in total. The van der Waals surface area contributed by atoms with E-state index in [1.54, 1.807) is 12.1 Å². The highest BCUT2D eigenvalue weighted by atomic mass is 19.1. The first-order chi connectivity index (χ1) is 7.15. The normalized spacial score (nSPS) is 15.1. The van der Waals surface area contributed by atoms with E-state index in [-0.39, 0.29) is 17.2 Å². The van der Waals surface area contributed by atoms with Crippen LogP contribution in [0.25, 0.3) is 0 Å². The number of esters is 1. The number of benzene rings is 1. The van der Waals surface area contributed by atoms with Gasteiger partial charge in [0.25, 0.3) is 0 Å². The van der Waals surface area contributed by atoms with Gasteiger partial charge in [0, 0.05) is 5.69 Å². The minimum atomic E-state index is -0.715. The van der Waals surface area contributed by atoms with Gasteiger partial charge in [0.1, 0.15) is 11.4 Å². The Morgan fingerprint density at radius 1 is 1.53 bits per heavy atom. The fourth-order valence-corrected chi connectivity index (χ4v) is 1.63. The van der Waals surface area contributed by atoms with Crippen LogP contribution in [0.15, 0.2) is 12.1 Å². The summed E-state index contributed by atoms with van der Waals surface area (Å²) in [6.45, 7) is 0. The molecule has 15 heavy (non-hydrogen) atoms. The van der Waals surface area contributed by atoms with E-state index in [2.05, 4.69) is 4.74 Å². The predicted molar refractivity (Wildman–Crippen MR) is 54.1 cm³/mol. The molecule has 4 heteroatoms. The van der Waals surface area contributed by atoms with Crippen molar-refractivity contribution in [1.82, 2.24) is 0 Å². The molecular weight excluding hydrogens is 197 g/mol. The molecule has 0 atom stereocenters. The second-order valence-electron chi connectivity index (χ2n) is 3.70. The van der Waals surface area contributed by atoms with E-state index < -0.39 is 11.8 Å². The van der Waals surface area contributed by atoms with Crippen molar-refractivity contribution in [2.24, 2.45) is 0 Å². The van der Waals surface area contributed by atoms with Crippen LogP contribution in [0.3, 0.4) is 0 Å². The molecule has 0 spiro atoms. The zero-order chi connectivity index (χ0) is 11.0. The number of carbonyl (C=O) groups is 1. The van der Waals surface area contributed by atoms with Gasteiger partial charge >= 0.3 is 5.97 Å². The summed E-state index contributed by atoms with van der Waals surface area (Å²) in [5.74, 6) is -0.995. The quantitative estimate of drug-likeness (QED) is 0.599. The highest BCUT2D eigenvalue weighted by molar-refractivity contribution is 5.95. The molecule has 0 saturated heterocycles. The van der Waals surface area contributed by atoms with Crippen LogP contribution in [-0.2, 0) is 4.74 Å². The lowest BCUT2D eigenvalue weighted by molar-refractivity contribution is 0.0596. The van der Waals surface area contributed by atoms with Crippen molar-refractivity contribution in [1.29, 1.82) is 0 Å². The number of hydrogen-bond acceptors (Lipinski definition) is 3. The smallest absolute Gasteiger partial charge is 0.342 e. The Morgan fingerprint density at radius 3 is 2.73 bits per heavy atom. The number of hydrogen-bond donors (Lipinski definition) is 1. The third-order valence-electron chi connectivity index (χ3n) is 2.61. The van der Waals surface area contributed by atoms with Crippen LogP contribution in [0.1, 0.15) is 34.7 Å². The van der Waals surface area contributed by atoms with Crippen molar-refractivity contribution in [3.63, 3.8) is 0 Å². The maximum absolute atomic E-state index is 13.9. The molecule has 0 unspecified atom stereocenters. The maximum atomic E-state index is 13.9. The number of nitrogen functional groups attached to an aromatic ring is 1. The lowest BCUT2D eigenvalue weighted by atomic mass is 10.0. The minimum absolute atomic E-state index is 0.128. The number of nitrogens with two attached hydrogens (primary N) is 1. The Hall–Kier alpha value is -1.58. The van der Waals surface area contributed by atoms with Crippen LogP contribution in [0.2, 0.25) is 0 Å². The summed E-state index contributed by atoms with van der Waals surface area (Å²) in [5.41, 5.74) is 6.11. The summed E-state index contributed by atoms with van der Waals surface area (Å²) >= 11 is 0. The molecule has 0 aromatic heterocycles. The highest BCUT2D eigenvalue weighted by Crippen LogP contribution is 2.42. The van der Waals surface area contributed by atoms with Crippen molar-refractivity contribution < 1.29 is 13.9 Å². The number of halogens is 1. The molecule has 3 nitrogen and oxygen atoms in total. The third kappa shape index (κ3) is 1.67. The zero-order valence-electron chi connectivity index (χ0n) is 8.42. The molecule has 0 aliphatic heterocycles. The monoisotopic (exact) mass is 209 g/mol. The SMILES string of the molecule is COC(=O)c1c(N)ccc(C2CC2)c1F. The standard InChI is InChI=1S/C11H12FNO2/c1-15-11(14)9-8(13)5-4-7(10(9)12)6-2-3-6/h4-6H,2-3,13H2,1H3. The van der Waals surface area contributed by atoms with Crippen LogP contribution >= 0.6 is 0 Å². The van der Waals surface area contributed by atoms with Crippen LogP contribution in [0.4, 0.5) is 10.1 Å². The second kappa shape index (κ2) is 3.53. The van der Waals surface area contributed by atoms with E-state index in [0.717, 1.165) is 12.8 Å². The van der Waals surface area contributed by atoms with E-state index in [1.807, 2.05) is 0 Å². The molecule has 1 aromatic carbocycles. The second-order valence-corrected chi connectivity index (χ2v) is 3.70. The molecule has 1 aliphatic carbocycles.